The number of carbonyl (C=O) groups is 2. The molecule has 0 aliphatic carbocycles. The molecule has 82 valence electrons. The van der Waals surface area contributed by atoms with Crippen LogP contribution in [0.1, 0.15) is 34.8 Å². The monoisotopic (exact) mass is 279 g/mol. The van der Waals surface area contributed by atoms with E-state index in [-0.39, 0.29) is 27.8 Å². The molecule has 0 aliphatic heterocycles. The second-order valence-corrected chi connectivity index (χ2v) is 4.91. The van der Waals surface area contributed by atoms with Gasteiger partial charge >= 0.3 is 0 Å². The Kier molecular flexibility index (Phi) is 4.41. The van der Waals surface area contributed by atoms with Crippen LogP contribution in [0, 0.1) is 0 Å². The standard InChI is InChI=1S/C11H11BBrNO2/c1-6(12)10(15)8-4-3-5-9(14-8)11(16)7(2)13/h3-7H,1-2H3. The number of ketones is 2. The Bertz CT molecular complexity index is 383. The molecule has 2 atom stereocenters. The summed E-state index contributed by atoms with van der Waals surface area (Å²) in [4.78, 5) is 26.9. The summed E-state index contributed by atoms with van der Waals surface area (Å²) in [7, 11) is 5.47. The normalized spacial score (nSPS) is 14.2. The van der Waals surface area contributed by atoms with Gasteiger partial charge < -0.3 is 0 Å². The topological polar surface area (TPSA) is 47.0 Å². The molecule has 0 saturated carbocycles. The molecule has 0 N–H and O–H groups in total. The van der Waals surface area contributed by atoms with Crippen LogP contribution < -0.4 is 0 Å². The van der Waals surface area contributed by atoms with Gasteiger partial charge in [0.15, 0.2) is 11.6 Å². The number of carbonyl (C=O) groups excluding carboxylic acids is 2. The maximum atomic E-state index is 11.6. The molecule has 0 amide bonds. The number of hydrogen-bond donors (Lipinski definition) is 0. The first-order valence-corrected chi connectivity index (χ1v) is 5.80. The minimum Gasteiger partial charge on any atom is -0.293 e. The average molecular weight is 280 g/mol. The van der Waals surface area contributed by atoms with Crippen LogP contribution in [0.4, 0.5) is 0 Å². The Hall–Kier alpha value is -0.965. The van der Waals surface area contributed by atoms with Crippen molar-refractivity contribution in [3.8, 4) is 0 Å². The van der Waals surface area contributed by atoms with Crippen molar-refractivity contribution in [3.63, 3.8) is 0 Å². The summed E-state index contributed by atoms with van der Waals surface area (Å²) in [5.74, 6) is -1.03. The highest BCUT2D eigenvalue weighted by Crippen LogP contribution is 2.12. The van der Waals surface area contributed by atoms with E-state index in [1.165, 1.54) is 0 Å². The number of Topliss-reactive ketones (excluding diaryl/α,β-unsaturated/α-hetero) is 2. The predicted molar refractivity (Wildman–Crippen MR) is 66.5 cm³/mol. The molecule has 0 aromatic carbocycles. The van der Waals surface area contributed by atoms with Crippen LogP contribution in [0.3, 0.4) is 0 Å². The fraction of sp³-hybridized carbons (Fsp3) is 0.364. The molecule has 0 saturated heterocycles. The summed E-state index contributed by atoms with van der Waals surface area (Å²) in [6.45, 7) is 3.30. The lowest BCUT2D eigenvalue weighted by atomic mass is 9.84. The van der Waals surface area contributed by atoms with E-state index in [2.05, 4.69) is 20.9 Å². The third-order valence-electron chi connectivity index (χ3n) is 2.03. The lowest BCUT2D eigenvalue weighted by Crippen LogP contribution is -2.15. The lowest BCUT2D eigenvalue weighted by molar-refractivity contribution is 0.0982. The Morgan fingerprint density at radius 1 is 1.25 bits per heavy atom. The smallest absolute Gasteiger partial charge is 0.194 e. The van der Waals surface area contributed by atoms with Gasteiger partial charge in [-0.3, -0.25) is 9.59 Å². The molecule has 1 aromatic heterocycles. The Labute approximate surface area is 104 Å². The van der Waals surface area contributed by atoms with Gasteiger partial charge in [0.1, 0.15) is 11.4 Å². The molecule has 0 aliphatic rings. The molecule has 1 heterocycles. The van der Waals surface area contributed by atoms with E-state index in [0.717, 1.165) is 0 Å². The van der Waals surface area contributed by atoms with Crippen molar-refractivity contribution in [1.29, 1.82) is 0 Å². The fourth-order valence-electron chi connectivity index (χ4n) is 1.15. The molecule has 3 nitrogen and oxygen atoms in total. The molecule has 16 heavy (non-hydrogen) atoms. The molecule has 0 bridgehead atoms. The maximum Gasteiger partial charge on any atom is 0.194 e. The maximum absolute atomic E-state index is 11.6. The van der Waals surface area contributed by atoms with Crippen LogP contribution >= 0.6 is 15.9 Å². The van der Waals surface area contributed by atoms with E-state index >= 15 is 0 Å². The minimum absolute atomic E-state index is 0.153. The van der Waals surface area contributed by atoms with Crippen molar-refractivity contribution in [2.24, 2.45) is 0 Å². The Morgan fingerprint density at radius 3 is 2.19 bits per heavy atom. The molecule has 2 radical (unpaired) electrons. The Morgan fingerprint density at radius 2 is 1.75 bits per heavy atom. The number of alkyl halides is 1. The number of pyridine rings is 1. The summed E-state index contributed by atoms with van der Waals surface area (Å²) in [6.07, 6.45) is 0. The minimum atomic E-state index is -0.612. The third-order valence-corrected chi connectivity index (χ3v) is 2.44. The first-order chi connectivity index (χ1) is 7.43. The molecule has 2 unspecified atom stereocenters. The molecule has 1 rings (SSSR count). The van der Waals surface area contributed by atoms with Crippen molar-refractivity contribution in [1.82, 2.24) is 4.98 Å². The van der Waals surface area contributed by atoms with Crippen molar-refractivity contribution in [3.05, 3.63) is 29.6 Å². The highest BCUT2D eigenvalue weighted by atomic mass is 79.9. The van der Waals surface area contributed by atoms with Crippen molar-refractivity contribution in [2.75, 3.05) is 0 Å². The zero-order valence-corrected chi connectivity index (χ0v) is 10.7. The van der Waals surface area contributed by atoms with Crippen LogP contribution in [0.25, 0.3) is 0 Å². The number of aromatic nitrogens is 1. The first-order valence-electron chi connectivity index (χ1n) is 4.88. The van der Waals surface area contributed by atoms with E-state index < -0.39 is 5.82 Å². The second-order valence-electron chi connectivity index (χ2n) is 3.54. The fourth-order valence-corrected chi connectivity index (χ4v) is 1.38. The van der Waals surface area contributed by atoms with E-state index in [9.17, 15) is 9.59 Å². The largest absolute Gasteiger partial charge is 0.293 e. The summed E-state index contributed by atoms with van der Waals surface area (Å²) in [5, 5.41) is 0. The van der Waals surface area contributed by atoms with Crippen LogP contribution in [0.2, 0.25) is 5.82 Å². The molecular weight excluding hydrogens is 269 g/mol. The molecule has 1 aromatic rings. The number of halogens is 1. The zero-order valence-electron chi connectivity index (χ0n) is 9.11. The van der Waals surface area contributed by atoms with Crippen LogP contribution in [0.15, 0.2) is 18.2 Å². The van der Waals surface area contributed by atoms with Gasteiger partial charge in [0.05, 0.1) is 12.7 Å². The summed E-state index contributed by atoms with van der Waals surface area (Å²) < 4.78 is 0. The number of rotatable bonds is 4. The molecule has 0 fully saturated rings. The third kappa shape index (κ3) is 3.01. The van der Waals surface area contributed by atoms with Gasteiger partial charge in [-0.1, -0.05) is 28.9 Å². The van der Waals surface area contributed by atoms with Crippen molar-refractivity contribution < 1.29 is 9.59 Å². The molecule has 5 heteroatoms. The number of hydrogen-bond acceptors (Lipinski definition) is 3. The van der Waals surface area contributed by atoms with E-state index in [1.807, 2.05) is 0 Å². The van der Waals surface area contributed by atoms with Gasteiger partial charge in [-0.15, -0.1) is 0 Å². The van der Waals surface area contributed by atoms with Gasteiger partial charge in [0.2, 0.25) is 0 Å². The van der Waals surface area contributed by atoms with E-state index in [1.54, 1.807) is 32.0 Å². The van der Waals surface area contributed by atoms with E-state index in [4.69, 9.17) is 7.85 Å². The highest BCUT2D eigenvalue weighted by Gasteiger charge is 2.16. The van der Waals surface area contributed by atoms with E-state index in [0.29, 0.717) is 0 Å². The molecule has 0 spiro atoms. The van der Waals surface area contributed by atoms with Crippen molar-refractivity contribution >= 4 is 35.3 Å². The van der Waals surface area contributed by atoms with Gasteiger partial charge in [0, 0.05) is 0 Å². The summed E-state index contributed by atoms with van der Waals surface area (Å²) in [5.41, 5.74) is 0.505. The van der Waals surface area contributed by atoms with Gasteiger partial charge in [0.25, 0.3) is 0 Å². The van der Waals surface area contributed by atoms with Gasteiger partial charge in [-0.05, 0) is 24.9 Å². The number of nitrogens with zero attached hydrogens (tertiary/aromatic N) is 1. The van der Waals surface area contributed by atoms with Crippen LogP contribution in [-0.4, -0.2) is 29.2 Å². The SMILES string of the molecule is [B]C(C)C(=O)c1cccc(C(=O)C(C)Br)n1. The second kappa shape index (κ2) is 5.39. The Balaban J connectivity index is 3.05. The first kappa shape index (κ1) is 13.1. The van der Waals surface area contributed by atoms with Crippen molar-refractivity contribution in [2.45, 2.75) is 24.5 Å². The highest BCUT2D eigenvalue weighted by molar-refractivity contribution is 9.10. The lowest BCUT2D eigenvalue weighted by Gasteiger charge is -2.06. The summed E-state index contributed by atoms with van der Waals surface area (Å²) in [6, 6.07) is 4.77. The summed E-state index contributed by atoms with van der Waals surface area (Å²) >= 11 is 3.17. The van der Waals surface area contributed by atoms with Gasteiger partial charge in [-0.25, -0.2) is 4.98 Å². The quantitative estimate of drug-likeness (QED) is 0.482. The molecular formula is C11H11BBrNO2. The van der Waals surface area contributed by atoms with Gasteiger partial charge in [-0.2, -0.15) is 0 Å². The van der Waals surface area contributed by atoms with Crippen LogP contribution in [-0.2, 0) is 0 Å². The average Bonchev–Trinajstić information content (AvgIpc) is 2.26. The zero-order chi connectivity index (χ0) is 12.3. The van der Waals surface area contributed by atoms with Crippen LogP contribution in [0.5, 0.6) is 0 Å². The predicted octanol–water partition coefficient (Wildman–Crippen LogP) is 2.21.